The van der Waals surface area contributed by atoms with Gasteiger partial charge in [0.1, 0.15) is 0 Å². The summed E-state index contributed by atoms with van der Waals surface area (Å²) in [6.07, 6.45) is 5.84. The SMILES string of the molecule is CCCCOc1cnn(CCN)c1.Cl. The zero-order valence-electron chi connectivity index (χ0n) is 8.48. The highest BCUT2D eigenvalue weighted by atomic mass is 35.5. The molecule has 2 N–H and O–H groups in total. The lowest BCUT2D eigenvalue weighted by Gasteiger charge is -2.00. The van der Waals surface area contributed by atoms with Crippen LogP contribution in [-0.4, -0.2) is 22.9 Å². The lowest BCUT2D eigenvalue weighted by Crippen LogP contribution is -2.09. The number of nitrogens with two attached hydrogens (primary N) is 1. The van der Waals surface area contributed by atoms with Crippen LogP contribution in [0.3, 0.4) is 0 Å². The highest BCUT2D eigenvalue weighted by Crippen LogP contribution is 2.08. The third-order valence-corrected chi connectivity index (χ3v) is 1.73. The number of aromatic nitrogens is 2. The molecule has 1 aromatic heterocycles. The molecule has 0 atom stereocenters. The van der Waals surface area contributed by atoms with Crippen molar-refractivity contribution in [1.82, 2.24) is 9.78 Å². The van der Waals surface area contributed by atoms with Crippen molar-refractivity contribution >= 4 is 12.4 Å². The van der Waals surface area contributed by atoms with Crippen molar-refractivity contribution in [2.45, 2.75) is 26.3 Å². The molecule has 1 heterocycles. The summed E-state index contributed by atoms with van der Waals surface area (Å²) in [6, 6.07) is 0. The van der Waals surface area contributed by atoms with E-state index in [1.165, 1.54) is 0 Å². The first-order valence-corrected chi connectivity index (χ1v) is 4.72. The normalized spacial score (nSPS) is 9.57. The summed E-state index contributed by atoms with van der Waals surface area (Å²) < 4.78 is 7.24. The Balaban J connectivity index is 0.00000169. The standard InChI is InChI=1S/C9H17N3O.ClH/c1-2-3-6-13-9-7-11-12(8-9)5-4-10;/h7-8H,2-6,10H2,1H3;1H. The van der Waals surface area contributed by atoms with Crippen LogP contribution in [0.2, 0.25) is 0 Å². The summed E-state index contributed by atoms with van der Waals surface area (Å²) in [5.41, 5.74) is 5.39. The van der Waals surface area contributed by atoms with E-state index in [1.807, 2.05) is 6.20 Å². The maximum absolute atomic E-state index is 5.45. The fraction of sp³-hybridized carbons (Fsp3) is 0.667. The Hall–Kier alpha value is -0.740. The predicted octanol–water partition coefficient (Wildman–Crippen LogP) is 1.44. The Labute approximate surface area is 90.8 Å². The fourth-order valence-corrected chi connectivity index (χ4v) is 1.01. The topological polar surface area (TPSA) is 53.1 Å². The summed E-state index contributed by atoms with van der Waals surface area (Å²) in [5.74, 6) is 0.835. The molecule has 0 bridgehead atoms. The van der Waals surface area contributed by atoms with Gasteiger partial charge in [-0.1, -0.05) is 13.3 Å². The second kappa shape index (κ2) is 7.64. The molecule has 0 aliphatic carbocycles. The van der Waals surface area contributed by atoms with E-state index in [2.05, 4.69) is 12.0 Å². The van der Waals surface area contributed by atoms with Crippen LogP contribution >= 0.6 is 12.4 Å². The van der Waals surface area contributed by atoms with Crippen LogP contribution in [0.1, 0.15) is 19.8 Å². The Morgan fingerprint density at radius 3 is 3.00 bits per heavy atom. The molecular formula is C9H18ClN3O. The number of rotatable bonds is 6. The van der Waals surface area contributed by atoms with Crippen LogP contribution in [0.25, 0.3) is 0 Å². The smallest absolute Gasteiger partial charge is 0.157 e. The molecule has 0 saturated carbocycles. The Morgan fingerprint density at radius 1 is 1.57 bits per heavy atom. The molecule has 82 valence electrons. The molecule has 5 heteroatoms. The van der Waals surface area contributed by atoms with Crippen molar-refractivity contribution in [2.24, 2.45) is 5.73 Å². The zero-order chi connectivity index (χ0) is 9.52. The lowest BCUT2D eigenvalue weighted by molar-refractivity contribution is 0.309. The second-order valence-corrected chi connectivity index (χ2v) is 2.93. The minimum Gasteiger partial charge on any atom is -0.490 e. The van der Waals surface area contributed by atoms with Crippen molar-refractivity contribution < 1.29 is 4.74 Å². The van der Waals surface area contributed by atoms with E-state index in [1.54, 1.807) is 10.9 Å². The van der Waals surface area contributed by atoms with E-state index < -0.39 is 0 Å². The quantitative estimate of drug-likeness (QED) is 0.737. The zero-order valence-corrected chi connectivity index (χ0v) is 9.30. The molecule has 0 fully saturated rings. The van der Waals surface area contributed by atoms with Crippen molar-refractivity contribution in [1.29, 1.82) is 0 Å². The third-order valence-electron chi connectivity index (χ3n) is 1.73. The molecule has 0 aromatic carbocycles. The lowest BCUT2D eigenvalue weighted by atomic mass is 10.4. The van der Waals surface area contributed by atoms with Crippen molar-refractivity contribution in [3.63, 3.8) is 0 Å². The molecule has 4 nitrogen and oxygen atoms in total. The van der Waals surface area contributed by atoms with Crippen molar-refractivity contribution in [3.05, 3.63) is 12.4 Å². The van der Waals surface area contributed by atoms with Crippen molar-refractivity contribution in [2.75, 3.05) is 13.2 Å². The Bertz CT molecular complexity index is 240. The monoisotopic (exact) mass is 219 g/mol. The molecule has 0 unspecified atom stereocenters. The van der Waals surface area contributed by atoms with Gasteiger partial charge in [-0.15, -0.1) is 12.4 Å². The van der Waals surface area contributed by atoms with Gasteiger partial charge in [-0.05, 0) is 6.42 Å². The van der Waals surface area contributed by atoms with Gasteiger partial charge in [0.25, 0.3) is 0 Å². The van der Waals surface area contributed by atoms with Crippen molar-refractivity contribution in [3.8, 4) is 5.75 Å². The molecule has 0 saturated heterocycles. The molecule has 1 aromatic rings. The largest absolute Gasteiger partial charge is 0.490 e. The number of unbranched alkanes of at least 4 members (excludes halogenated alkanes) is 1. The van der Waals surface area contributed by atoms with Crippen LogP contribution in [0.5, 0.6) is 5.75 Å². The van der Waals surface area contributed by atoms with Gasteiger partial charge in [-0.2, -0.15) is 5.10 Å². The molecule has 0 amide bonds. The summed E-state index contributed by atoms with van der Waals surface area (Å²) >= 11 is 0. The maximum atomic E-state index is 5.45. The molecule has 0 aliphatic heterocycles. The van der Waals surface area contributed by atoms with E-state index >= 15 is 0 Å². The molecule has 0 radical (unpaired) electrons. The summed E-state index contributed by atoms with van der Waals surface area (Å²) in [6.45, 7) is 4.26. The first kappa shape index (κ1) is 13.3. The fourth-order valence-electron chi connectivity index (χ4n) is 1.01. The van der Waals surface area contributed by atoms with Gasteiger partial charge in [0.2, 0.25) is 0 Å². The second-order valence-electron chi connectivity index (χ2n) is 2.93. The summed E-state index contributed by atoms with van der Waals surface area (Å²) in [5, 5.41) is 4.10. The van der Waals surface area contributed by atoms with Crippen LogP contribution in [0.15, 0.2) is 12.4 Å². The molecule has 1 rings (SSSR count). The van der Waals surface area contributed by atoms with E-state index in [0.717, 1.165) is 31.7 Å². The average Bonchev–Trinajstić information content (AvgIpc) is 2.54. The van der Waals surface area contributed by atoms with Crippen LogP contribution in [-0.2, 0) is 6.54 Å². The molecule has 14 heavy (non-hydrogen) atoms. The highest BCUT2D eigenvalue weighted by molar-refractivity contribution is 5.85. The van der Waals surface area contributed by atoms with Gasteiger partial charge in [-0.25, -0.2) is 0 Å². The minimum atomic E-state index is 0. The average molecular weight is 220 g/mol. The van der Waals surface area contributed by atoms with Gasteiger partial charge in [-0.3, -0.25) is 4.68 Å². The number of halogens is 1. The summed E-state index contributed by atoms with van der Waals surface area (Å²) in [7, 11) is 0. The van der Waals surface area contributed by atoms with E-state index in [9.17, 15) is 0 Å². The van der Waals surface area contributed by atoms with E-state index in [0.29, 0.717) is 6.54 Å². The summed E-state index contributed by atoms with van der Waals surface area (Å²) in [4.78, 5) is 0. The number of hydrogen-bond donors (Lipinski definition) is 1. The maximum Gasteiger partial charge on any atom is 0.157 e. The molecule has 0 spiro atoms. The highest BCUT2D eigenvalue weighted by Gasteiger charge is 1.97. The Morgan fingerprint density at radius 2 is 2.36 bits per heavy atom. The van der Waals surface area contributed by atoms with Gasteiger partial charge in [0, 0.05) is 6.54 Å². The minimum absolute atomic E-state index is 0. The van der Waals surface area contributed by atoms with Crippen LogP contribution in [0.4, 0.5) is 0 Å². The number of hydrogen-bond acceptors (Lipinski definition) is 3. The van der Waals surface area contributed by atoms with Gasteiger partial charge < -0.3 is 10.5 Å². The third kappa shape index (κ3) is 4.48. The van der Waals surface area contributed by atoms with E-state index in [-0.39, 0.29) is 12.4 Å². The Kier molecular flexibility index (Phi) is 7.24. The molecule has 0 aliphatic rings. The number of ether oxygens (including phenoxy) is 1. The van der Waals surface area contributed by atoms with Gasteiger partial charge >= 0.3 is 0 Å². The first-order valence-electron chi connectivity index (χ1n) is 4.72. The predicted molar refractivity (Wildman–Crippen MR) is 58.9 cm³/mol. The molecular weight excluding hydrogens is 202 g/mol. The van der Waals surface area contributed by atoms with Gasteiger partial charge in [0.15, 0.2) is 5.75 Å². The van der Waals surface area contributed by atoms with Gasteiger partial charge in [0.05, 0.1) is 25.5 Å². The van der Waals surface area contributed by atoms with Crippen LogP contribution < -0.4 is 10.5 Å². The first-order chi connectivity index (χ1) is 6.36. The van der Waals surface area contributed by atoms with E-state index in [4.69, 9.17) is 10.5 Å². The van der Waals surface area contributed by atoms with Crippen LogP contribution in [0, 0.1) is 0 Å². The number of nitrogens with zero attached hydrogens (tertiary/aromatic N) is 2.